The van der Waals surface area contributed by atoms with Gasteiger partial charge >= 0.3 is 5.97 Å². The van der Waals surface area contributed by atoms with Crippen LogP contribution in [0.15, 0.2) is 31.0 Å². The molecule has 0 saturated heterocycles. The number of hydrogen-bond acceptors (Lipinski definition) is 5. The number of aromatic nitrogens is 4. The van der Waals surface area contributed by atoms with Crippen molar-refractivity contribution in [3.05, 3.63) is 31.0 Å². The monoisotopic (exact) mass is 289 g/mol. The van der Waals surface area contributed by atoms with Crippen molar-refractivity contribution < 1.29 is 14.7 Å². The van der Waals surface area contributed by atoms with Crippen LogP contribution in [0, 0.1) is 0 Å². The summed E-state index contributed by atoms with van der Waals surface area (Å²) in [5.41, 5.74) is 0.534. The maximum Gasteiger partial charge on any atom is 0.303 e. The summed E-state index contributed by atoms with van der Waals surface area (Å²) in [7, 11) is 0. The fraction of sp³-hybridized carbons (Fsp3) is 0.308. The third-order valence-electron chi connectivity index (χ3n) is 2.74. The van der Waals surface area contributed by atoms with Crippen LogP contribution in [0.3, 0.4) is 0 Å². The van der Waals surface area contributed by atoms with Crippen molar-refractivity contribution in [2.75, 3.05) is 5.32 Å². The van der Waals surface area contributed by atoms with E-state index in [1.807, 2.05) is 0 Å². The number of carboxylic acid groups (broad SMARTS) is 1. The summed E-state index contributed by atoms with van der Waals surface area (Å²) in [5, 5.41) is 15.3. The summed E-state index contributed by atoms with van der Waals surface area (Å²) in [4.78, 5) is 30.2. The number of anilines is 1. The smallest absolute Gasteiger partial charge is 0.303 e. The van der Waals surface area contributed by atoms with E-state index in [0.717, 1.165) is 0 Å². The number of nitrogens with one attached hydrogen (secondary N) is 1. The summed E-state index contributed by atoms with van der Waals surface area (Å²) in [6, 6.07) is 3.43. The lowest BCUT2D eigenvalue weighted by molar-refractivity contribution is -0.137. The Morgan fingerprint density at radius 1 is 1.29 bits per heavy atom. The predicted octanol–water partition coefficient (Wildman–Crippen LogP) is 1.25. The molecule has 2 N–H and O–H groups in total. The molecule has 1 amide bonds. The van der Waals surface area contributed by atoms with Crippen molar-refractivity contribution in [3.8, 4) is 5.82 Å². The van der Waals surface area contributed by atoms with Crippen LogP contribution in [-0.4, -0.2) is 36.7 Å². The van der Waals surface area contributed by atoms with E-state index in [-0.39, 0.29) is 18.7 Å². The molecule has 0 aliphatic heterocycles. The van der Waals surface area contributed by atoms with Crippen molar-refractivity contribution in [1.82, 2.24) is 19.7 Å². The van der Waals surface area contributed by atoms with Gasteiger partial charge in [-0.2, -0.15) is 5.10 Å². The minimum atomic E-state index is -0.851. The highest BCUT2D eigenvalue weighted by Crippen LogP contribution is 2.16. The first-order chi connectivity index (χ1) is 10.2. The van der Waals surface area contributed by atoms with Crippen molar-refractivity contribution in [2.45, 2.75) is 25.7 Å². The van der Waals surface area contributed by atoms with Gasteiger partial charge in [0.25, 0.3) is 0 Å². The molecule has 0 spiro atoms. The van der Waals surface area contributed by atoms with E-state index >= 15 is 0 Å². The molecule has 0 aromatic carbocycles. The van der Waals surface area contributed by atoms with E-state index in [1.165, 1.54) is 17.3 Å². The van der Waals surface area contributed by atoms with E-state index in [2.05, 4.69) is 20.4 Å². The number of carbonyl (C=O) groups excluding carboxylic acids is 1. The zero-order chi connectivity index (χ0) is 15.1. The predicted molar refractivity (Wildman–Crippen MR) is 73.9 cm³/mol. The van der Waals surface area contributed by atoms with Gasteiger partial charge in [0.05, 0.1) is 5.69 Å². The molecule has 0 saturated carbocycles. The molecular formula is C13H15N5O3. The molecule has 0 aliphatic carbocycles. The Morgan fingerprint density at radius 2 is 2.10 bits per heavy atom. The molecule has 2 heterocycles. The van der Waals surface area contributed by atoms with Crippen LogP contribution in [-0.2, 0) is 9.59 Å². The molecular weight excluding hydrogens is 274 g/mol. The summed E-state index contributed by atoms with van der Waals surface area (Å²) < 4.78 is 1.46. The van der Waals surface area contributed by atoms with Gasteiger partial charge in [0.1, 0.15) is 12.7 Å². The number of aliphatic carboxylic acids is 1. The molecule has 2 aromatic rings. The summed E-state index contributed by atoms with van der Waals surface area (Å²) in [6.45, 7) is 0. The number of amides is 1. The Balaban J connectivity index is 1.94. The topological polar surface area (TPSA) is 110 Å². The maximum absolute atomic E-state index is 11.8. The van der Waals surface area contributed by atoms with Gasteiger partial charge in [0.2, 0.25) is 5.91 Å². The quantitative estimate of drug-likeness (QED) is 0.742. The third-order valence-corrected chi connectivity index (χ3v) is 2.74. The van der Waals surface area contributed by atoms with E-state index in [9.17, 15) is 9.59 Å². The third kappa shape index (κ3) is 4.37. The van der Waals surface area contributed by atoms with Gasteiger partial charge in [-0.3, -0.25) is 9.59 Å². The highest BCUT2D eigenvalue weighted by atomic mass is 16.4. The zero-order valence-electron chi connectivity index (χ0n) is 11.3. The van der Waals surface area contributed by atoms with Gasteiger partial charge in [-0.1, -0.05) is 0 Å². The van der Waals surface area contributed by atoms with E-state index < -0.39 is 5.97 Å². The average molecular weight is 289 g/mol. The Labute approximate surface area is 120 Å². The maximum atomic E-state index is 11.8. The molecule has 0 unspecified atom stereocenters. The Hall–Kier alpha value is -2.77. The molecule has 8 heteroatoms. The van der Waals surface area contributed by atoms with Crippen molar-refractivity contribution in [2.24, 2.45) is 0 Å². The van der Waals surface area contributed by atoms with Crippen LogP contribution in [0.4, 0.5) is 5.69 Å². The summed E-state index contributed by atoms with van der Waals surface area (Å²) in [6.07, 6.45) is 5.81. The molecule has 8 nitrogen and oxygen atoms in total. The average Bonchev–Trinajstić information content (AvgIpc) is 2.98. The van der Waals surface area contributed by atoms with E-state index in [0.29, 0.717) is 24.3 Å². The second-order valence-electron chi connectivity index (χ2n) is 4.36. The van der Waals surface area contributed by atoms with Crippen molar-refractivity contribution >= 4 is 17.6 Å². The normalized spacial score (nSPS) is 10.3. The summed E-state index contributed by atoms with van der Waals surface area (Å²) in [5.74, 6) is -0.556. The molecule has 0 aliphatic rings. The lowest BCUT2D eigenvalue weighted by Crippen LogP contribution is -2.14. The molecule has 110 valence electrons. The van der Waals surface area contributed by atoms with Gasteiger partial charge < -0.3 is 10.4 Å². The second kappa shape index (κ2) is 7.13. The van der Waals surface area contributed by atoms with Gasteiger partial charge in [-0.25, -0.2) is 14.6 Å². The lowest BCUT2D eigenvalue weighted by Gasteiger charge is -2.09. The highest BCUT2D eigenvalue weighted by Gasteiger charge is 2.10. The number of nitrogens with zero attached hydrogens (tertiary/aromatic N) is 4. The van der Waals surface area contributed by atoms with E-state index in [1.54, 1.807) is 18.3 Å². The summed E-state index contributed by atoms with van der Waals surface area (Å²) >= 11 is 0. The number of carbonyl (C=O) groups is 2. The van der Waals surface area contributed by atoms with Crippen LogP contribution in [0.2, 0.25) is 0 Å². The number of pyridine rings is 1. The van der Waals surface area contributed by atoms with E-state index in [4.69, 9.17) is 5.11 Å². The number of rotatable bonds is 7. The van der Waals surface area contributed by atoms with Crippen molar-refractivity contribution in [3.63, 3.8) is 0 Å². The molecule has 21 heavy (non-hydrogen) atoms. The zero-order valence-corrected chi connectivity index (χ0v) is 11.3. The Bertz CT molecular complexity index is 612. The minimum absolute atomic E-state index is 0.0738. The first kappa shape index (κ1) is 14.6. The van der Waals surface area contributed by atoms with Crippen LogP contribution >= 0.6 is 0 Å². The Kier molecular flexibility index (Phi) is 4.97. The molecule has 2 aromatic heterocycles. The standard InChI is InChI=1S/C13H15N5O3/c19-11(5-1-2-6-12(20)21)17-10-4-3-7-15-13(10)18-9-14-8-16-18/h3-4,7-9H,1-2,5-6H2,(H,17,19)(H,20,21). The SMILES string of the molecule is O=C(O)CCCCC(=O)Nc1cccnc1-n1cncn1. The van der Waals surface area contributed by atoms with Crippen LogP contribution in [0.5, 0.6) is 0 Å². The fourth-order valence-electron chi connectivity index (χ4n) is 1.77. The van der Waals surface area contributed by atoms with Gasteiger partial charge in [-0.15, -0.1) is 0 Å². The van der Waals surface area contributed by atoms with Gasteiger partial charge in [-0.05, 0) is 25.0 Å². The van der Waals surface area contributed by atoms with Crippen LogP contribution in [0.1, 0.15) is 25.7 Å². The lowest BCUT2D eigenvalue weighted by atomic mass is 10.2. The highest BCUT2D eigenvalue weighted by molar-refractivity contribution is 5.92. The van der Waals surface area contributed by atoms with Crippen LogP contribution in [0.25, 0.3) is 5.82 Å². The molecule has 0 atom stereocenters. The fourth-order valence-corrected chi connectivity index (χ4v) is 1.77. The Morgan fingerprint density at radius 3 is 2.81 bits per heavy atom. The molecule has 2 rings (SSSR count). The number of unbranched alkanes of at least 4 members (excludes halogenated alkanes) is 1. The van der Waals surface area contributed by atoms with Gasteiger partial charge in [0.15, 0.2) is 5.82 Å². The number of hydrogen-bond donors (Lipinski definition) is 2. The first-order valence-electron chi connectivity index (χ1n) is 6.48. The first-order valence-corrected chi connectivity index (χ1v) is 6.48. The van der Waals surface area contributed by atoms with Crippen LogP contribution < -0.4 is 5.32 Å². The molecule has 0 fully saturated rings. The number of carboxylic acids is 1. The van der Waals surface area contributed by atoms with Crippen molar-refractivity contribution in [1.29, 1.82) is 0 Å². The van der Waals surface area contributed by atoms with Gasteiger partial charge in [0, 0.05) is 19.0 Å². The second-order valence-corrected chi connectivity index (χ2v) is 4.36. The molecule has 0 radical (unpaired) electrons. The molecule has 0 bridgehead atoms. The minimum Gasteiger partial charge on any atom is -0.481 e. The largest absolute Gasteiger partial charge is 0.481 e.